The Morgan fingerprint density at radius 1 is 1.37 bits per heavy atom. The molecular formula is C15H22N2O2. The van der Waals surface area contributed by atoms with Gasteiger partial charge in [0.25, 0.3) is 0 Å². The van der Waals surface area contributed by atoms with Crippen molar-refractivity contribution in [2.24, 2.45) is 10.9 Å². The lowest BCUT2D eigenvalue weighted by atomic mass is 9.97. The second-order valence-electron chi connectivity index (χ2n) is 5.20. The second-order valence-corrected chi connectivity index (χ2v) is 5.20. The summed E-state index contributed by atoms with van der Waals surface area (Å²) in [7, 11) is 0. The predicted molar refractivity (Wildman–Crippen MR) is 75.4 cm³/mol. The van der Waals surface area contributed by atoms with Gasteiger partial charge in [-0.15, -0.1) is 0 Å². The summed E-state index contributed by atoms with van der Waals surface area (Å²) in [6.07, 6.45) is 6.69. The number of ether oxygens (including phenoxy) is 1. The number of nitrogens with two attached hydrogens (primary N) is 1. The van der Waals surface area contributed by atoms with Crippen LogP contribution in [0, 0.1) is 6.92 Å². The van der Waals surface area contributed by atoms with Gasteiger partial charge in [0, 0.05) is 5.56 Å². The molecule has 0 heterocycles. The average molecular weight is 262 g/mol. The van der Waals surface area contributed by atoms with Gasteiger partial charge in [0.15, 0.2) is 5.84 Å². The standard InChI is InChI=1S/C15H22N2O2/c1-11-9-12(15(16)17-18)7-8-13(11)10-19-14-5-3-2-4-6-14/h7-9,14,18H,2-6,10H2,1H3,(H2,16,17). The van der Waals surface area contributed by atoms with E-state index in [2.05, 4.69) is 5.16 Å². The first-order valence-corrected chi connectivity index (χ1v) is 6.89. The minimum Gasteiger partial charge on any atom is -0.409 e. The van der Waals surface area contributed by atoms with Crippen LogP contribution in [0.1, 0.15) is 48.8 Å². The number of hydrogen-bond donors (Lipinski definition) is 2. The van der Waals surface area contributed by atoms with Crippen molar-refractivity contribution in [3.63, 3.8) is 0 Å². The molecule has 0 amide bonds. The van der Waals surface area contributed by atoms with E-state index in [1.54, 1.807) is 0 Å². The second kappa shape index (κ2) is 6.57. The average Bonchev–Trinajstić information content (AvgIpc) is 2.46. The van der Waals surface area contributed by atoms with Crippen molar-refractivity contribution in [2.45, 2.75) is 51.7 Å². The monoisotopic (exact) mass is 262 g/mol. The molecule has 0 atom stereocenters. The number of oxime groups is 1. The zero-order chi connectivity index (χ0) is 13.7. The van der Waals surface area contributed by atoms with Gasteiger partial charge in [0.1, 0.15) is 0 Å². The van der Waals surface area contributed by atoms with Crippen LogP contribution in [0.3, 0.4) is 0 Å². The fraction of sp³-hybridized carbons (Fsp3) is 0.533. The smallest absolute Gasteiger partial charge is 0.170 e. The molecule has 0 aliphatic heterocycles. The fourth-order valence-electron chi connectivity index (χ4n) is 2.51. The molecule has 1 aliphatic rings. The number of benzene rings is 1. The zero-order valence-electron chi connectivity index (χ0n) is 11.4. The van der Waals surface area contributed by atoms with Crippen LogP contribution in [0.2, 0.25) is 0 Å². The molecule has 4 heteroatoms. The number of hydrogen-bond acceptors (Lipinski definition) is 3. The highest BCUT2D eigenvalue weighted by atomic mass is 16.5. The Balaban J connectivity index is 1.97. The van der Waals surface area contributed by atoms with Gasteiger partial charge in [-0.1, -0.05) is 36.6 Å². The summed E-state index contributed by atoms with van der Waals surface area (Å²) in [6, 6.07) is 5.78. The minimum atomic E-state index is 0.142. The fourth-order valence-corrected chi connectivity index (χ4v) is 2.51. The van der Waals surface area contributed by atoms with Crippen molar-refractivity contribution < 1.29 is 9.94 Å². The maximum atomic E-state index is 8.66. The highest BCUT2D eigenvalue weighted by Crippen LogP contribution is 2.22. The van der Waals surface area contributed by atoms with Crippen molar-refractivity contribution in [3.8, 4) is 0 Å². The molecule has 0 aromatic heterocycles. The molecule has 1 aromatic carbocycles. The van der Waals surface area contributed by atoms with E-state index in [0.29, 0.717) is 12.7 Å². The summed E-state index contributed by atoms with van der Waals surface area (Å²) in [5.74, 6) is 0.142. The maximum Gasteiger partial charge on any atom is 0.170 e. The Kier molecular flexibility index (Phi) is 4.80. The number of amidine groups is 1. The number of aryl methyl sites for hydroxylation is 1. The molecule has 1 saturated carbocycles. The van der Waals surface area contributed by atoms with Gasteiger partial charge >= 0.3 is 0 Å². The van der Waals surface area contributed by atoms with E-state index in [9.17, 15) is 0 Å². The summed E-state index contributed by atoms with van der Waals surface area (Å²) in [6.45, 7) is 2.67. The van der Waals surface area contributed by atoms with Crippen molar-refractivity contribution >= 4 is 5.84 Å². The lowest BCUT2D eigenvalue weighted by Crippen LogP contribution is -2.17. The van der Waals surface area contributed by atoms with Crippen LogP contribution in [0.4, 0.5) is 0 Å². The van der Waals surface area contributed by atoms with Crippen LogP contribution in [-0.4, -0.2) is 17.1 Å². The number of rotatable bonds is 4. The Hall–Kier alpha value is -1.55. The van der Waals surface area contributed by atoms with E-state index in [1.165, 1.54) is 37.7 Å². The van der Waals surface area contributed by atoms with E-state index in [4.69, 9.17) is 15.7 Å². The molecule has 3 N–H and O–H groups in total. The molecule has 104 valence electrons. The summed E-state index contributed by atoms with van der Waals surface area (Å²) < 4.78 is 5.97. The topological polar surface area (TPSA) is 67.8 Å². The predicted octanol–water partition coefficient (Wildman–Crippen LogP) is 2.94. The van der Waals surface area contributed by atoms with Crippen molar-refractivity contribution in [3.05, 3.63) is 34.9 Å². The van der Waals surface area contributed by atoms with Crippen molar-refractivity contribution in [2.75, 3.05) is 0 Å². The van der Waals surface area contributed by atoms with Crippen LogP contribution >= 0.6 is 0 Å². The lowest BCUT2D eigenvalue weighted by molar-refractivity contribution is 0.0166. The molecule has 19 heavy (non-hydrogen) atoms. The van der Waals surface area contributed by atoms with Crippen LogP contribution in [-0.2, 0) is 11.3 Å². The molecule has 0 saturated heterocycles. The van der Waals surface area contributed by atoms with Gasteiger partial charge < -0.3 is 15.7 Å². The van der Waals surface area contributed by atoms with Gasteiger partial charge in [0.2, 0.25) is 0 Å². The molecule has 0 spiro atoms. The summed E-state index contributed by atoms with van der Waals surface area (Å²) >= 11 is 0. The van der Waals surface area contributed by atoms with Crippen LogP contribution in [0.5, 0.6) is 0 Å². The van der Waals surface area contributed by atoms with E-state index >= 15 is 0 Å². The van der Waals surface area contributed by atoms with Crippen LogP contribution in [0.15, 0.2) is 23.4 Å². The van der Waals surface area contributed by atoms with Crippen molar-refractivity contribution in [1.29, 1.82) is 0 Å². The Morgan fingerprint density at radius 2 is 2.11 bits per heavy atom. The van der Waals surface area contributed by atoms with Gasteiger partial charge in [-0.2, -0.15) is 0 Å². The van der Waals surface area contributed by atoms with Gasteiger partial charge in [-0.05, 0) is 37.0 Å². The highest BCUT2D eigenvalue weighted by Gasteiger charge is 2.14. The first-order chi connectivity index (χ1) is 9.20. The molecule has 1 fully saturated rings. The Morgan fingerprint density at radius 3 is 2.74 bits per heavy atom. The first-order valence-electron chi connectivity index (χ1n) is 6.89. The van der Waals surface area contributed by atoms with E-state index < -0.39 is 0 Å². The molecule has 2 rings (SSSR count). The third-order valence-electron chi connectivity index (χ3n) is 3.77. The number of nitrogens with zero attached hydrogens (tertiary/aromatic N) is 1. The highest BCUT2D eigenvalue weighted by molar-refractivity contribution is 5.97. The van der Waals surface area contributed by atoms with E-state index in [-0.39, 0.29) is 5.84 Å². The molecule has 0 unspecified atom stereocenters. The molecule has 0 bridgehead atoms. The normalized spacial score (nSPS) is 17.6. The Labute approximate surface area is 114 Å². The van der Waals surface area contributed by atoms with Crippen molar-refractivity contribution in [1.82, 2.24) is 0 Å². The van der Waals surface area contributed by atoms with Crippen LogP contribution in [0.25, 0.3) is 0 Å². The SMILES string of the molecule is Cc1cc(/C(N)=N/O)ccc1COC1CCCCC1. The molecule has 1 aliphatic carbocycles. The Bertz CT molecular complexity index is 451. The van der Waals surface area contributed by atoms with E-state index in [1.807, 2.05) is 25.1 Å². The third kappa shape index (κ3) is 3.70. The third-order valence-corrected chi connectivity index (χ3v) is 3.77. The van der Waals surface area contributed by atoms with Gasteiger partial charge in [-0.25, -0.2) is 0 Å². The van der Waals surface area contributed by atoms with Crippen LogP contribution < -0.4 is 5.73 Å². The minimum absolute atomic E-state index is 0.142. The molecule has 4 nitrogen and oxygen atoms in total. The summed E-state index contributed by atoms with van der Waals surface area (Å²) in [5, 5.41) is 11.7. The summed E-state index contributed by atoms with van der Waals surface area (Å²) in [4.78, 5) is 0. The molecular weight excluding hydrogens is 240 g/mol. The first kappa shape index (κ1) is 13.9. The quantitative estimate of drug-likeness (QED) is 0.379. The van der Waals surface area contributed by atoms with Gasteiger partial charge in [0.05, 0.1) is 12.7 Å². The maximum absolute atomic E-state index is 8.66. The summed E-state index contributed by atoms with van der Waals surface area (Å²) in [5.41, 5.74) is 8.59. The van der Waals surface area contributed by atoms with Gasteiger partial charge in [-0.3, -0.25) is 0 Å². The molecule has 1 aromatic rings. The molecule has 0 radical (unpaired) electrons. The lowest BCUT2D eigenvalue weighted by Gasteiger charge is -2.22. The van der Waals surface area contributed by atoms with E-state index in [0.717, 1.165) is 11.1 Å². The largest absolute Gasteiger partial charge is 0.409 e. The zero-order valence-corrected chi connectivity index (χ0v) is 11.4.